The second-order valence-corrected chi connectivity index (χ2v) is 14.5. The molecule has 0 atom stereocenters. The Kier molecular flexibility index (Phi) is 11.7. The number of aryl methyl sites for hydroxylation is 4. The molecular weight excluding hydrogens is 780 g/mol. The molecule has 0 radical (unpaired) electrons. The van der Waals surface area contributed by atoms with E-state index in [4.69, 9.17) is 51.1 Å². The highest BCUT2D eigenvalue weighted by atomic mass is 35.5. The molecule has 0 aliphatic carbocycles. The van der Waals surface area contributed by atoms with Crippen molar-refractivity contribution in [2.45, 2.75) is 19.5 Å². The Morgan fingerprint density at radius 2 is 1.17 bits per heavy atom. The van der Waals surface area contributed by atoms with Crippen LogP contribution in [0.3, 0.4) is 0 Å². The highest BCUT2D eigenvalue weighted by Gasteiger charge is 2.21. The zero-order valence-electron chi connectivity index (χ0n) is 30.0. The van der Waals surface area contributed by atoms with E-state index < -0.39 is 16.9 Å². The van der Waals surface area contributed by atoms with Crippen LogP contribution in [0.2, 0.25) is 20.1 Å². The minimum Gasteiger partial charge on any atom is -0.379 e. The lowest BCUT2D eigenvalue weighted by atomic mass is 10.2. The van der Waals surface area contributed by atoms with Gasteiger partial charge in [0.1, 0.15) is 11.6 Å². The van der Waals surface area contributed by atoms with E-state index in [0.717, 1.165) is 48.8 Å². The molecular formula is C36H37Cl4N9O5. The van der Waals surface area contributed by atoms with Gasteiger partial charge < -0.3 is 13.9 Å². The smallest absolute Gasteiger partial charge is 0.332 e. The summed E-state index contributed by atoms with van der Waals surface area (Å²) in [5, 5.41) is 1.59. The largest absolute Gasteiger partial charge is 0.379 e. The van der Waals surface area contributed by atoms with Crippen LogP contribution in [0.1, 0.15) is 22.8 Å². The molecule has 7 rings (SSSR count). The van der Waals surface area contributed by atoms with Crippen molar-refractivity contribution in [3.05, 3.63) is 128 Å². The predicted octanol–water partition coefficient (Wildman–Crippen LogP) is 4.10. The SMILES string of the molecule is C=Cc1nc2c(c(=O)n(Cc3ccc(Cl)c(Cl)c3)c(=O)n2C)n1C.Cn1c(CCN2CCOCC2)nc2c1c(=O)n(Cc1ccc(Cl)c(Cl)c1)c(=O)n2C. The lowest BCUT2D eigenvalue weighted by Crippen LogP contribution is -2.39. The molecule has 0 amide bonds. The van der Waals surface area contributed by atoms with Crippen molar-refractivity contribution in [3.8, 4) is 0 Å². The van der Waals surface area contributed by atoms with Gasteiger partial charge in [0, 0.05) is 54.2 Å². The number of hydrogen-bond donors (Lipinski definition) is 0. The van der Waals surface area contributed by atoms with Crippen molar-refractivity contribution in [1.82, 2.24) is 42.3 Å². The molecule has 4 aromatic heterocycles. The first-order valence-electron chi connectivity index (χ1n) is 16.8. The molecule has 18 heteroatoms. The summed E-state index contributed by atoms with van der Waals surface area (Å²) < 4.78 is 13.9. The molecule has 6 aromatic rings. The molecule has 1 aliphatic heterocycles. The van der Waals surface area contributed by atoms with Crippen molar-refractivity contribution < 1.29 is 4.74 Å². The lowest BCUT2D eigenvalue weighted by Gasteiger charge is -2.26. The second-order valence-electron chi connectivity index (χ2n) is 12.8. The average Bonchev–Trinajstić information content (AvgIpc) is 3.68. The van der Waals surface area contributed by atoms with E-state index in [-0.39, 0.29) is 18.6 Å². The Hall–Kier alpha value is -4.44. The molecule has 0 spiro atoms. The maximum absolute atomic E-state index is 13.2. The lowest BCUT2D eigenvalue weighted by molar-refractivity contribution is 0.0381. The van der Waals surface area contributed by atoms with Gasteiger partial charge in [0.25, 0.3) is 11.1 Å². The van der Waals surface area contributed by atoms with Crippen LogP contribution in [0, 0.1) is 0 Å². The van der Waals surface area contributed by atoms with E-state index in [1.54, 1.807) is 66.7 Å². The number of nitrogens with zero attached hydrogens (tertiary/aromatic N) is 9. The van der Waals surface area contributed by atoms with E-state index in [9.17, 15) is 19.2 Å². The first kappa shape index (κ1) is 39.3. The molecule has 284 valence electrons. The van der Waals surface area contributed by atoms with E-state index in [2.05, 4.69) is 21.4 Å². The van der Waals surface area contributed by atoms with Crippen molar-refractivity contribution in [2.75, 3.05) is 32.8 Å². The molecule has 0 bridgehead atoms. The molecule has 14 nitrogen and oxygen atoms in total. The van der Waals surface area contributed by atoms with Crippen LogP contribution < -0.4 is 22.5 Å². The molecule has 1 saturated heterocycles. The maximum atomic E-state index is 13.2. The minimum absolute atomic E-state index is 0.0902. The van der Waals surface area contributed by atoms with E-state index >= 15 is 0 Å². The van der Waals surface area contributed by atoms with Gasteiger partial charge in [-0.1, -0.05) is 65.1 Å². The summed E-state index contributed by atoms with van der Waals surface area (Å²) in [4.78, 5) is 62.6. The quantitative estimate of drug-likeness (QED) is 0.224. The number of imidazole rings is 2. The molecule has 1 fully saturated rings. The zero-order chi connectivity index (χ0) is 39.0. The van der Waals surface area contributed by atoms with Crippen molar-refractivity contribution in [3.63, 3.8) is 0 Å². The normalized spacial score (nSPS) is 13.4. The van der Waals surface area contributed by atoms with Crippen LogP contribution in [-0.4, -0.2) is 75.1 Å². The molecule has 5 heterocycles. The number of halogens is 4. The Morgan fingerprint density at radius 1 is 0.685 bits per heavy atom. The monoisotopic (exact) mass is 815 g/mol. The fourth-order valence-electron chi connectivity index (χ4n) is 6.36. The first-order chi connectivity index (χ1) is 25.7. The van der Waals surface area contributed by atoms with Crippen LogP contribution in [0.25, 0.3) is 28.4 Å². The third-order valence-electron chi connectivity index (χ3n) is 9.43. The van der Waals surface area contributed by atoms with Crippen LogP contribution in [0.5, 0.6) is 0 Å². The third-order valence-corrected chi connectivity index (χ3v) is 10.9. The number of aromatic nitrogens is 8. The first-order valence-corrected chi connectivity index (χ1v) is 18.3. The van der Waals surface area contributed by atoms with Crippen molar-refractivity contribution in [2.24, 2.45) is 28.2 Å². The second kappa shape index (κ2) is 16.1. The highest BCUT2D eigenvalue weighted by molar-refractivity contribution is 6.42. The highest BCUT2D eigenvalue weighted by Crippen LogP contribution is 2.24. The summed E-state index contributed by atoms with van der Waals surface area (Å²) in [5.74, 6) is 1.29. The van der Waals surface area contributed by atoms with Crippen LogP contribution in [-0.2, 0) is 52.4 Å². The molecule has 54 heavy (non-hydrogen) atoms. The number of rotatable bonds is 8. The maximum Gasteiger partial charge on any atom is 0.332 e. The molecule has 2 aromatic carbocycles. The van der Waals surface area contributed by atoms with Gasteiger partial charge in [-0.15, -0.1) is 0 Å². The third kappa shape index (κ3) is 7.59. The van der Waals surface area contributed by atoms with Gasteiger partial charge in [0.05, 0.1) is 46.4 Å². The topological polar surface area (TPSA) is 136 Å². The van der Waals surface area contributed by atoms with Crippen LogP contribution in [0.4, 0.5) is 0 Å². The summed E-state index contributed by atoms with van der Waals surface area (Å²) in [5.41, 5.74) is 1.24. The minimum atomic E-state index is -0.452. The Labute approximate surface area is 328 Å². The summed E-state index contributed by atoms with van der Waals surface area (Å²) in [6.45, 7) is 7.93. The Bertz CT molecular complexity index is 2660. The van der Waals surface area contributed by atoms with E-state index in [1.807, 2.05) is 7.05 Å². The van der Waals surface area contributed by atoms with Gasteiger partial charge in [0.15, 0.2) is 22.3 Å². The fraction of sp³-hybridized carbons (Fsp3) is 0.333. The number of benzene rings is 2. The Morgan fingerprint density at radius 3 is 1.65 bits per heavy atom. The van der Waals surface area contributed by atoms with Crippen LogP contribution in [0.15, 0.2) is 62.2 Å². The van der Waals surface area contributed by atoms with Gasteiger partial charge in [-0.3, -0.25) is 32.8 Å². The van der Waals surface area contributed by atoms with Crippen LogP contribution >= 0.6 is 46.4 Å². The van der Waals surface area contributed by atoms with E-state index in [1.165, 1.54) is 19.8 Å². The van der Waals surface area contributed by atoms with Crippen molar-refractivity contribution >= 4 is 74.8 Å². The van der Waals surface area contributed by atoms with Gasteiger partial charge in [0.2, 0.25) is 0 Å². The van der Waals surface area contributed by atoms with Crippen molar-refractivity contribution in [1.29, 1.82) is 0 Å². The molecule has 0 saturated carbocycles. The van der Waals surface area contributed by atoms with Gasteiger partial charge in [-0.2, -0.15) is 0 Å². The van der Waals surface area contributed by atoms with E-state index in [0.29, 0.717) is 60.2 Å². The fourth-order valence-corrected chi connectivity index (χ4v) is 7.00. The number of ether oxygens (including phenoxy) is 1. The average molecular weight is 818 g/mol. The number of fused-ring (bicyclic) bond motifs is 2. The predicted molar refractivity (Wildman–Crippen MR) is 213 cm³/mol. The number of morpholine rings is 1. The van der Waals surface area contributed by atoms with Gasteiger partial charge in [-0.05, 0) is 41.5 Å². The zero-order valence-corrected chi connectivity index (χ0v) is 33.0. The summed E-state index contributed by atoms with van der Waals surface area (Å²) >= 11 is 24.0. The summed E-state index contributed by atoms with van der Waals surface area (Å²) in [6.07, 6.45) is 2.22. The Balaban J connectivity index is 0.000000189. The summed E-state index contributed by atoms with van der Waals surface area (Å²) in [6, 6.07) is 10.1. The van der Waals surface area contributed by atoms with Gasteiger partial charge >= 0.3 is 11.4 Å². The number of hydrogen-bond acceptors (Lipinski definition) is 8. The standard InChI is InChI=1S/C20H23Cl2N5O3.C16H14Cl2N4O2/c1-24-16(5-6-26-7-9-30-10-8-26)23-18-17(24)19(28)27(20(29)25(18)2)12-13-3-4-14(21)15(22)11-13;1-4-12-19-14-13(20(12)2)15(23)22(16(24)21(14)3)8-9-5-6-10(17)11(18)7-9/h3-4,11H,5-10,12H2,1-2H3;4-7H,1,8H2,2-3H3. The molecule has 0 unspecified atom stereocenters. The van der Waals surface area contributed by atoms with Gasteiger partial charge in [-0.25, -0.2) is 19.6 Å². The molecule has 0 N–H and O–H groups in total. The summed E-state index contributed by atoms with van der Waals surface area (Å²) in [7, 11) is 6.74. The molecule has 1 aliphatic rings.